The third-order valence-corrected chi connectivity index (χ3v) is 2.96. The summed E-state index contributed by atoms with van der Waals surface area (Å²) in [6.45, 7) is 5.15. The zero-order valence-corrected chi connectivity index (χ0v) is 10.6. The molecule has 90 valence electrons. The number of nitrogens with one attached hydrogen (secondary N) is 1. The van der Waals surface area contributed by atoms with Crippen LogP contribution in [-0.2, 0) is 13.6 Å². The van der Waals surface area contributed by atoms with E-state index >= 15 is 0 Å². The number of hydrogen-bond donors (Lipinski definition) is 1. The summed E-state index contributed by atoms with van der Waals surface area (Å²) in [7, 11) is 1.94. The van der Waals surface area contributed by atoms with Crippen LogP contribution in [0.4, 0.5) is 0 Å². The fourth-order valence-corrected chi connectivity index (χ4v) is 1.76. The van der Waals surface area contributed by atoms with Gasteiger partial charge in [0.1, 0.15) is 0 Å². The van der Waals surface area contributed by atoms with E-state index in [2.05, 4.69) is 48.5 Å². The van der Waals surface area contributed by atoms with Gasteiger partial charge in [0.15, 0.2) is 0 Å². The minimum Gasteiger partial charge on any atom is -0.306 e. The maximum absolute atomic E-state index is 4.18. The third-order valence-electron chi connectivity index (χ3n) is 2.96. The molecule has 1 atom stereocenters. The molecule has 0 aliphatic carbocycles. The summed E-state index contributed by atoms with van der Waals surface area (Å²) >= 11 is 0. The Balaban J connectivity index is 1.92. The topological polar surface area (TPSA) is 29.9 Å². The van der Waals surface area contributed by atoms with Crippen LogP contribution in [0.3, 0.4) is 0 Å². The first kappa shape index (κ1) is 11.9. The molecule has 2 aromatic rings. The Morgan fingerprint density at radius 2 is 2.00 bits per heavy atom. The molecule has 1 heterocycles. The van der Waals surface area contributed by atoms with Gasteiger partial charge in [-0.05, 0) is 19.4 Å². The second-order valence-electron chi connectivity index (χ2n) is 4.54. The van der Waals surface area contributed by atoms with Gasteiger partial charge in [0.25, 0.3) is 0 Å². The molecule has 0 saturated heterocycles. The lowest BCUT2D eigenvalue weighted by molar-refractivity contribution is 0.574. The van der Waals surface area contributed by atoms with Crippen LogP contribution < -0.4 is 5.32 Å². The van der Waals surface area contributed by atoms with E-state index in [4.69, 9.17) is 0 Å². The normalized spacial score (nSPS) is 12.6. The molecule has 0 amide bonds. The molecule has 0 fully saturated rings. The highest BCUT2D eigenvalue weighted by Crippen LogP contribution is 2.11. The van der Waals surface area contributed by atoms with Crippen LogP contribution in [0.25, 0.3) is 0 Å². The van der Waals surface area contributed by atoms with Gasteiger partial charge >= 0.3 is 0 Å². The van der Waals surface area contributed by atoms with Gasteiger partial charge in [-0.2, -0.15) is 5.10 Å². The molecule has 1 aromatic heterocycles. The van der Waals surface area contributed by atoms with Crippen LogP contribution in [0.1, 0.15) is 29.7 Å². The maximum atomic E-state index is 4.18. The summed E-state index contributed by atoms with van der Waals surface area (Å²) in [5.74, 6) is 0. The predicted molar refractivity (Wildman–Crippen MR) is 69.6 cm³/mol. The number of rotatable bonds is 4. The molecule has 1 N–H and O–H groups in total. The second-order valence-corrected chi connectivity index (χ2v) is 4.54. The average molecular weight is 229 g/mol. The highest BCUT2D eigenvalue weighted by Gasteiger charge is 2.06. The van der Waals surface area contributed by atoms with Crippen LogP contribution in [0, 0.1) is 6.92 Å². The van der Waals surface area contributed by atoms with Crippen molar-refractivity contribution in [1.82, 2.24) is 15.1 Å². The summed E-state index contributed by atoms with van der Waals surface area (Å²) in [6.07, 6.45) is 3.96. The lowest BCUT2D eigenvalue weighted by Crippen LogP contribution is -2.17. The molecule has 1 aromatic carbocycles. The summed E-state index contributed by atoms with van der Waals surface area (Å²) in [5, 5.41) is 7.68. The van der Waals surface area contributed by atoms with E-state index in [1.807, 2.05) is 24.1 Å². The largest absolute Gasteiger partial charge is 0.306 e. The van der Waals surface area contributed by atoms with Crippen molar-refractivity contribution in [3.05, 3.63) is 53.3 Å². The molecule has 3 nitrogen and oxygen atoms in total. The van der Waals surface area contributed by atoms with E-state index in [0.29, 0.717) is 6.04 Å². The first-order chi connectivity index (χ1) is 8.15. The van der Waals surface area contributed by atoms with E-state index in [9.17, 15) is 0 Å². The van der Waals surface area contributed by atoms with Crippen LogP contribution in [0.15, 0.2) is 36.7 Å². The molecule has 1 unspecified atom stereocenters. The number of nitrogens with zero attached hydrogens (tertiary/aromatic N) is 2. The van der Waals surface area contributed by atoms with Gasteiger partial charge in [0.05, 0.1) is 6.20 Å². The standard InChI is InChI=1S/C14H19N3/c1-11-4-6-13(7-5-11)8-15-12(2)14-9-16-17(3)10-14/h4-7,9-10,12,15H,8H2,1-3H3. The molecule has 17 heavy (non-hydrogen) atoms. The van der Waals surface area contributed by atoms with E-state index in [-0.39, 0.29) is 0 Å². The molecule has 0 aliphatic rings. The molecule has 0 bridgehead atoms. The summed E-state index contributed by atoms with van der Waals surface area (Å²) in [6, 6.07) is 8.94. The quantitative estimate of drug-likeness (QED) is 0.873. The van der Waals surface area contributed by atoms with Crippen molar-refractivity contribution < 1.29 is 0 Å². The zero-order chi connectivity index (χ0) is 12.3. The minimum absolute atomic E-state index is 0.324. The van der Waals surface area contributed by atoms with Crippen molar-refractivity contribution in [2.24, 2.45) is 7.05 Å². The number of aromatic nitrogens is 2. The van der Waals surface area contributed by atoms with Gasteiger partial charge in [0, 0.05) is 31.4 Å². The van der Waals surface area contributed by atoms with Crippen molar-refractivity contribution in [2.45, 2.75) is 26.4 Å². The van der Waals surface area contributed by atoms with Crippen molar-refractivity contribution >= 4 is 0 Å². The molecular weight excluding hydrogens is 210 g/mol. The van der Waals surface area contributed by atoms with Gasteiger partial charge in [-0.3, -0.25) is 4.68 Å². The molecular formula is C14H19N3. The Morgan fingerprint density at radius 3 is 2.59 bits per heavy atom. The molecule has 3 heteroatoms. The van der Waals surface area contributed by atoms with E-state index in [1.165, 1.54) is 16.7 Å². The number of benzene rings is 1. The molecule has 0 saturated carbocycles. The molecule has 0 aliphatic heterocycles. The Morgan fingerprint density at radius 1 is 1.29 bits per heavy atom. The lowest BCUT2D eigenvalue weighted by atomic mass is 10.1. The average Bonchev–Trinajstić information content (AvgIpc) is 2.75. The number of hydrogen-bond acceptors (Lipinski definition) is 2. The SMILES string of the molecule is Cc1ccc(CNC(C)c2cnn(C)c2)cc1. The Hall–Kier alpha value is -1.61. The second kappa shape index (κ2) is 5.15. The zero-order valence-electron chi connectivity index (χ0n) is 10.6. The summed E-state index contributed by atoms with van der Waals surface area (Å²) in [5.41, 5.74) is 3.83. The van der Waals surface area contributed by atoms with Crippen molar-refractivity contribution in [3.63, 3.8) is 0 Å². The highest BCUT2D eigenvalue weighted by atomic mass is 15.2. The molecule has 0 radical (unpaired) electrons. The fraction of sp³-hybridized carbons (Fsp3) is 0.357. The summed E-state index contributed by atoms with van der Waals surface area (Å²) in [4.78, 5) is 0. The minimum atomic E-state index is 0.324. The van der Waals surface area contributed by atoms with Crippen LogP contribution in [0.2, 0.25) is 0 Å². The molecule has 0 spiro atoms. The van der Waals surface area contributed by atoms with Gasteiger partial charge < -0.3 is 5.32 Å². The summed E-state index contributed by atoms with van der Waals surface area (Å²) < 4.78 is 1.83. The monoisotopic (exact) mass is 229 g/mol. The van der Waals surface area contributed by atoms with E-state index < -0.39 is 0 Å². The molecule has 2 rings (SSSR count). The Kier molecular flexibility index (Phi) is 3.59. The van der Waals surface area contributed by atoms with Gasteiger partial charge in [-0.1, -0.05) is 29.8 Å². The van der Waals surface area contributed by atoms with Gasteiger partial charge in [-0.25, -0.2) is 0 Å². The third kappa shape index (κ3) is 3.17. The van der Waals surface area contributed by atoms with Crippen LogP contribution in [-0.4, -0.2) is 9.78 Å². The Bertz CT molecular complexity index is 470. The first-order valence-electron chi connectivity index (χ1n) is 5.92. The van der Waals surface area contributed by atoms with Crippen molar-refractivity contribution in [2.75, 3.05) is 0 Å². The highest BCUT2D eigenvalue weighted by molar-refractivity contribution is 5.21. The van der Waals surface area contributed by atoms with Crippen molar-refractivity contribution in [1.29, 1.82) is 0 Å². The van der Waals surface area contributed by atoms with E-state index in [1.54, 1.807) is 0 Å². The van der Waals surface area contributed by atoms with Crippen LogP contribution in [0.5, 0.6) is 0 Å². The van der Waals surface area contributed by atoms with Gasteiger partial charge in [0.2, 0.25) is 0 Å². The van der Waals surface area contributed by atoms with Crippen LogP contribution >= 0.6 is 0 Å². The lowest BCUT2D eigenvalue weighted by Gasteiger charge is -2.12. The Labute approximate surface area is 102 Å². The van der Waals surface area contributed by atoms with E-state index in [0.717, 1.165) is 6.54 Å². The fourth-order valence-electron chi connectivity index (χ4n) is 1.76. The van der Waals surface area contributed by atoms with Crippen molar-refractivity contribution in [3.8, 4) is 0 Å². The first-order valence-corrected chi connectivity index (χ1v) is 5.92. The maximum Gasteiger partial charge on any atom is 0.0537 e. The van der Waals surface area contributed by atoms with Gasteiger partial charge in [-0.15, -0.1) is 0 Å². The smallest absolute Gasteiger partial charge is 0.0537 e. The number of aryl methyl sites for hydroxylation is 2. The predicted octanol–water partition coefficient (Wildman–Crippen LogP) is 2.58.